The Bertz CT molecular complexity index is 1280. The van der Waals surface area contributed by atoms with Gasteiger partial charge in [-0.25, -0.2) is 8.78 Å². The van der Waals surface area contributed by atoms with Crippen molar-refractivity contribution >= 4 is 11.8 Å². The van der Waals surface area contributed by atoms with Crippen LogP contribution in [-0.4, -0.2) is 76.7 Å². The number of aromatic nitrogens is 1. The van der Waals surface area contributed by atoms with Gasteiger partial charge in [0.1, 0.15) is 11.6 Å². The molecule has 1 fully saturated rings. The molecule has 0 unspecified atom stereocenters. The molecule has 0 bridgehead atoms. The number of amides is 2. The zero-order valence-electron chi connectivity index (χ0n) is 22.3. The zero-order valence-corrected chi connectivity index (χ0v) is 22.3. The van der Waals surface area contributed by atoms with Crippen LogP contribution in [0, 0.1) is 17.6 Å². The number of rotatable bonds is 9. The van der Waals surface area contributed by atoms with Crippen molar-refractivity contribution < 1.29 is 28.0 Å². The molecule has 1 aliphatic rings. The molecule has 0 radical (unpaired) electrons. The summed E-state index contributed by atoms with van der Waals surface area (Å²) in [6.07, 6.45) is 0.605. The Morgan fingerprint density at radius 1 is 1.18 bits per heavy atom. The van der Waals surface area contributed by atoms with E-state index in [1.54, 1.807) is 18.9 Å². The number of nitrogens with one attached hydrogen (secondary N) is 1. The second kappa shape index (κ2) is 12.5. The molecule has 0 spiro atoms. The zero-order chi connectivity index (χ0) is 28.1. The molecule has 39 heavy (non-hydrogen) atoms. The SMILES string of the molecule is C[C@H](O)[C@@H](C)N1CC[C@@H](NC(=O)c2cc(-c3ccc(F)cc3F)on2)[C@H](C(=O)N(C)CCc2ccccc2)C1. The van der Waals surface area contributed by atoms with Crippen molar-refractivity contribution in [2.45, 2.75) is 44.9 Å². The van der Waals surface area contributed by atoms with Gasteiger partial charge in [-0.15, -0.1) is 0 Å². The maximum atomic E-state index is 14.2. The van der Waals surface area contributed by atoms with Gasteiger partial charge in [0, 0.05) is 50.9 Å². The molecule has 0 saturated carbocycles. The number of hydrogen-bond donors (Lipinski definition) is 2. The number of likely N-dealkylation sites (tertiary alicyclic amines) is 1. The number of aliphatic hydroxyl groups is 1. The summed E-state index contributed by atoms with van der Waals surface area (Å²) in [5, 5.41) is 16.8. The highest BCUT2D eigenvalue weighted by Gasteiger charge is 2.39. The Morgan fingerprint density at radius 2 is 1.92 bits per heavy atom. The molecule has 2 N–H and O–H groups in total. The summed E-state index contributed by atoms with van der Waals surface area (Å²) < 4.78 is 32.6. The second-order valence-corrected chi connectivity index (χ2v) is 10.1. The van der Waals surface area contributed by atoms with Gasteiger partial charge in [0.05, 0.1) is 17.6 Å². The summed E-state index contributed by atoms with van der Waals surface area (Å²) in [6, 6.07) is 13.6. The first kappa shape index (κ1) is 28.4. The lowest BCUT2D eigenvalue weighted by Crippen LogP contribution is -2.58. The number of piperidine rings is 1. The number of benzene rings is 2. The number of nitrogens with zero attached hydrogens (tertiary/aromatic N) is 3. The highest BCUT2D eigenvalue weighted by atomic mass is 19.1. The highest BCUT2D eigenvalue weighted by Crippen LogP contribution is 2.26. The van der Waals surface area contributed by atoms with Crippen LogP contribution in [0.5, 0.6) is 0 Å². The van der Waals surface area contributed by atoms with Crippen LogP contribution >= 0.6 is 0 Å². The third kappa shape index (κ3) is 6.88. The Labute approximate surface area is 226 Å². The fraction of sp³-hybridized carbons (Fsp3) is 0.414. The number of carbonyl (C=O) groups is 2. The molecular formula is C29H34F2N4O4. The first-order valence-corrected chi connectivity index (χ1v) is 13.1. The first-order valence-electron chi connectivity index (χ1n) is 13.1. The molecule has 4 rings (SSSR count). The number of carbonyl (C=O) groups excluding carboxylic acids is 2. The van der Waals surface area contributed by atoms with Crippen molar-refractivity contribution in [2.24, 2.45) is 5.92 Å². The fourth-order valence-corrected chi connectivity index (χ4v) is 4.85. The van der Waals surface area contributed by atoms with E-state index >= 15 is 0 Å². The van der Waals surface area contributed by atoms with Crippen molar-refractivity contribution in [1.82, 2.24) is 20.3 Å². The molecule has 4 atom stereocenters. The molecule has 1 aliphatic heterocycles. The van der Waals surface area contributed by atoms with Gasteiger partial charge in [-0.1, -0.05) is 35.5 Å². The van der Waals surface area contributed by atoms with E-state index in [1.165, 1.54) is 12.1 Å². The van der Waals surface area contributed by atoms with Gasteiger partial charge in [0.15, 0.2) is 11.5 Å². The van der Waals surface area contributed by atoms with Crippen LogP contribution in [0.3, 0.4) is 0 Å². The van der Waals surface area contributed by atoms with Gasteiger partial charge in [0.2, 0.25) is 5.91 Å². The molecule has 1 aromatic heterocycles. The molecule has 2 aromatic carbocycles. The van der Waals surface area contributed by atoms with E-state index in [-0.39, 0.29) is 29.0 Å². The van der Waals surface area contributed by atoms with Gasteiger partial charge < -0.3 is 19.8 Å². The van der Waals surface area contributed by atoms with E-state index in [0.29, 0.717) is 32.5 Å². The van der Waals surface area contributed by atoms with Crippen molar-refractivity contribution in [2.75, 3.05) is 26.7 Å². The van der Waals surface area contributed by atoms with Gasteiger partial charge in [-0.05, 0) is 44.4 Å². The molecule has 10 heteroatoms. The maximum Gasteiger partial charge on any atom is 0.273 e. The van der Waals surface area contributed by atoms with E-state index < -0.39 is 35.6 Å². The molecule has 2 amide bonds. The summed E-state index contributed by atoms with van der Waals surface area (Å²) in [4.78, 5) is 30.5. The fourth-order valence-electron chi connectivity index (χ4n) is 4.85. The van der Waals surface area contributed by atoms with E-state index in [0.717, 1.165) is 17.7 Å². The number of hydrogen-bond acceptors (Lipinski definition) is 6. The number of aliphatic hydroxyl groups excluding tert-OH is 1. The lowest BCUT2D eigenvalue weighted by molar-refractivity contribution is -0.137. The predicted octanol–water partition coefficient (Wildman–Crippen LogP) is 3.51. The second-order valence-electron chi connectivity index (χ2n) is 10.1. The molecule has 208 valence electrons. The minimum absolute atomic E-state index is 0.00787. The molecule has 1 saturated heterocycles. The van der Waals surface area contributed by atoms with Crippen molar-refractivity contribution in [3.8, 4) is 11.3 Å². The van der Waals surface area contributed by atoms with Crippen LogP contribution in [0.25, 0.3) is 11.3 Å². The average Bonchev–Trinajstić information content (AvgIpc) is 3.42. The van der Waals surface area contributed by atoms with E-state index in [4.69, 9.17) is 4.52 Å². The van der Waals surface area contributed by atoms with Crippen LogP contribution < -0.4 is 5.32 Å². The molecule has 8 nitrogen and oxygen atoms in total. The van der Waals surface area contributed by atoms with E-state index in [2.05, 4.69) is 15.4 Å². The molecule has 3 aromatic rings. The lowest BCUT2D eigenvalue weighted by atomic mass is 9.89. The summed E-state index contributed by atoms with van der Waals surface area (Å²) in [5.41, 5.74) is 1.03. The van der Waals surface area contributed by atoms with E-state index in [9.17, 15) is 23.5 Å². The summed E-state index contributed by atoms with van der Waals surface area (Å²) in [7, 11) is 1.75. The largest absolute Gasteiger partial charge is 0.392 e. The van der Waals surface area contributed by atoms with Crippen LogP contribution in [0.4, 0.5) is 8.78 Å². The third-order valence-electron chi connectivity index (χ3n) is 7.45. The van der Waals surface area contributed by atoms with Crippen LogP contribution in [0.1, 0.15) is 36.3 Å². The number of likely N-dealkylation sites (N-methyl/N-ethyl adjacent to an activating group) is 1. The van der Waals surface area contributed by atoms with Gasteiger partial charge >= 0.3 is 0 Å². The maximum absolute atomic E-state index is 14.2. The van der Waals surface area contributed by atoms with E-state index in [1.807, 2.05) is 37.3 Å². The first-order chi connectivity index (χ1) is 18.6. The Kier molecular flexibility index (Phi) is 9.08. The molecule has 0 aliphatic carbocycles. The van der Waals surface area contributed by atoms with Gasteiger partial charge in [-0.3, -0.25) is 14.5 Å². The lowest BCUT2D eigenvalue weighted by Gasteiger charge is -2.42. The van der Waals surface area contributed by atoms with Crippen molar-refractivity contribution in [3.63, 3.8) is 0 Å². The van der Waals surface area contributed by atoms with Crippen molar-refractivity contribution in [1.29, 1.82) is 0 Å². The summed E-state index contributed by atoms with van der Waals surface area (Å²) >= 11 is 0. The highest BCUT2D eigenvalue weighted by molar-refractivity contribution is 5.94. The van der Waals surface area contributed by atoms with Gasteiger partial charge in [-0.2, -0.15) is 0 Å². The summed E-state index contributed by atoms with van der Waals surface area (Å²) in [6.45, 7) is 5.10. The Morgan fingerprint density at radius 3 is 2.62 bits per heavy atom. The Balaban J connectivity index is 1.48. The topological polar surface area (TPSA) is 98.9 Å². The normalized spacial score (nSPS) is 19.3. The third-order valence-corrected chi connectivity index (χ3v) is 7.45. The minimum Gasteiger partial charge on any atom is -0.392 e. The number of halogens is 2. The van der Waals surface area contributed by atoms with Crippen LogP contribution in [0.15, 0.2) is 59.1 Å². The molecular weight excluding hydrogens is 506 g/mol. The van der Waals surface area contributed by atoms with Crippen LogP contribution in [0.2, 0.25) is 0 Å². The van der Waals surface area contributed by atoms with Crippen molar-refractivity contribution in [3.05, 3.63) is 77.5 Å². The standard InChI is InChI=1S/C29H34F2N4O4/c1-18(19(2)36)35-14-12-25(23(17-35)29(38)34(3)13-11-20-7-5-4-6-8-20)32-28(37)26-16-27(39-33-26)22-10-9-21(30)15-24(22)31/h4-10,15-16,18-19,23,25,36H,11-14,17H2,1-3H3,(H,32,37)/t18-,19+,23-,25-/m1/s1. The quantitative estimate of drug-likeness (QED) is 0.431. The average molecular weight is 541 g/mol. The summed E-state index contributed by atoms with van der Waals surface area (Å²) in [5.74, 6) is -2.78. The predicted molar refractivity (Wildman–Crippen MR) is 142 cm³/mol. The van der Waals surface area contributed by atoms with Crippen LogP contribution in [-0.2, 0) is 11.2 Å². The smallest absolute Gasteiger partial charge is 0.273 e. The monoisotopic (exact) mass is 540 g/mol. The molecule has 2 heterocycles. The Hall–Kier alpha value is -3.63. The van der Waals surface area contributed by atoms with Gasteiger partial charge in [0.25, 0.3) is 5.91 Å². The minimum atomic E-state index is -0.832.